The van der Waals surface area contributed by atoms with Gasteiger partial charge in [0.05, 0.1) is 6.61 Å². The minimum Gasteiger partial charge on any atom is -0.465 e. The Balaban J connectivity index is 3.73. The Hall–Kier alpha value is 0.340. The van der Waals surface area contributed by atoms with E-state index < -0.39 is 3.79 Å². The van der Waals surface area contributed by atoms with Crippen LogP contribution >= 0.6 is 34.8 Å². The van der Waals surface area contributed by atoms with E-state index in [-0.39, 0.29) is 18.8 Å². The van der Waals surface area contributed by atoms with Crippen LogP contribution in [-0.2, 0) is 9.53 Å². The zero-order valence-corrected chi connectivity index (χ0v) is 12.7. The van der Waals surface area contributed by atoms with E-state index in [1.54, 1.807) is 0 Å². The molecule has 17 heavy (non-hydrogen) atoms. The predicted octanol–water partition coefficient (Wildman–Crippen LogP) is 4.90. The number of alkyl halides is 3. The van der Waals surface area contributed by atoms with Crippen molar-refractivity contribution >= 4 is 40.8 Å². The fourth-order valence-corrected chi connectivity index (χ4v) is 1.71. The molecular weight excluding hydrogens is 282 g/mol. The number of esters is 1. The number of carbonyl (C=O) groups excluding carboxylic acids is 1. The van der Waals surface area contributed by atoms with Gasteiger partial charge in [0.15, 0.2) is 3.79 Å². The Bertz CT molecular complexity index is 214. The van der Waals surface area contributed by atoms with Gasteiger partial charge in [0.25, 0.3) is 0 Å². The molecule has 0 saturated carbocycles. The van der Waals surface area contributed by atoms with Gasteiger partial charge in [-0.1, -0.05) is 67.9 Å². The minimum absolute atomic E-state index is 0.153. The highest BCUT2D eigenvalue weighted by molar-refractivity contribution is 6.67. The third kappa shape index (κ3) is 11.2. The van der Waals surface area contributed by atoms with Gasteiger partial charge in [-0.3, -0.25) is 4.79 Å². The van der Waals surface area contributed by atoms with Crippen molar-refractivity contribution in [2.75, 3.05) is 6.61 Å². The van der Waals surface area contributed by atoms with Crippen LogP contribution in [0.15, 0.2) is 0 Å². The van der Waals surface area contributed by atoms with E-state index in [1.807, 2.05) is 0 Å². The van der Waals surface area contributed by atoms with Crippen molar-refractivity contribution in [1.29, 1.82) is 0 Å². The minimum atomic E-state index is -1.37. The summed E-state index contributed by atoms with van der Waals surface area (Å²) in [5, 5.41) is 0. The van der Waals surface area contributed by atoms with Crippen LogP contribution in [-0.4, -0.2) is 16.4 Å². The molecule has 0 radical (unpaired) electrons. The van der Waals surface area contributed by atoms with Crippen molar-refractivity contribution in [3.05, 3.63) is 0 Å². The summed E-state index contributed by atoms with van der Waals surface area (Å²) in [5.41, 5.74) is 0. The number of hydrogen-bond donors (Lipinski definition) is 0. The Kier molecular flexibility index (Phi) is 9.48. The number of carbonyl (C=O) groups is 1. The Labute approximate surface area is 119 Å². The number of ether oxygens (including phenoxy) is 1. The van der Waals surface area contributed by atoms with Crippen molar-refractivity contribution in [2.45, 2.75) is 56.2 Å². The average molecular weight is 304 g/mol. The molecule has 0 aliphatic rings. The lowest BCUT2D eigenvalue weighted by Crippen LogP contribution is -2.15. The van der Waals surface area contributed by atoms with E-state index in [0.717, 1.165) is 19.3 Å². The normalized spacial score (nSPS) is 13.5. The van der Waals surface area contributed by atoms with Gasteiger partial charge in [-0.2, -0.15) is 0 Å². The molecular formula is C12H21Cl3O2. The molecule has 0 N–H and O–H groups in total. The van der Waals surface area contributed by atoms with Crippen LogP contribution in [0.5, 0.6) is 0 Å². The van der Waals surface area contributed by atoms with Gasteiger partial charge in [0.2, 0.25) is 0 Å². The molecule has 5 heteroatoms. The number of halogens is 3. The van der Waals surface area contributed by atoms with Crippen molar-refractivity contribution in [1.82, 2.24) is 0 Å². The first-order valence-corrected chi connectivity index (χ1v) is 7.24. The number of unbranched alkanes of at least 4 members (excludes halogenated alkanes) is 1. The van der Waals surface area contributed by atoms with Crippen LogP contribution in [0.3, 0.4) is 0 Å². The molecule has 0 fully saturated rings. The standard InChI is InChI=1S/C12H21Cl3O2/c1-3-5-6-10(4-2)9-17-11(16)7-8-12(13,14)15/h10H,3-9H2,1-2H3. The van der Waals surface area contributed by atoms with Gasteiger partial charge < -0.3 is 4.74 Å². The molecule has 1 atom stereocenters. The van der Waals surface area contributed by atoms with E-state index in [0.29, 0.717) is 12.5 Å². The maximum Gasteiger partial charge on any atom is 0.305 e. The molecule has 0 rings (SSSR count). The third-order valence-electron chi connectivity index (χ3n) is 2.64. The highest BCUT2D eigenvalue weighted by Crippen LogP contribution is 2.31. The SMILES string of the molecule is CCCCC(CC)COC(=O)CCC(Cl)(Cl)Cl. The molecule has 0 heterocycles. The summed E-state index contributed by atoms with van der Waals surface area (Å²) in [6, 6.07) is 0. The van der Waals surface area contributed by atoms with E-state index in [2.05, 4.69) is 13.8 Å². The molecule has 0 saturated heterocycles. The summed E-state index contributed by atoms with van der Waals surface area (Å²) in [6.07, 6.45) is 4.81. The van der Waals surface area contributed by atoms with Crippen LogP contribution in [0.1, 0.15) is 52.4 Å². The first-order chi connectivity index (χ1) is 7.89. The number of hydrogen-bond acceptors (Lipinski definition) is 2. The molecule has 0 aliphatic heterocycles. The average Bonchev–Trinajstić information content (AvgIpc) is 2.25. The Morgan fingerprint density at radius 3 is 2.41 bits per heavy atom. The largest absolute Gasteiger partial charge is 0.465 e. The van der Waals surface area contributed by atoms with Crippen molar-refractivity contribution < 1.29 is 9.53 Å². The second kappa shape index (κ2) is 9.29. The lowest BCUT2D eigenvalue weighted by Gasteiger charge is -2.15. The Morgan fingerprint density at radius 2 is 1.94 bits per heavy atom. The molecule has 0 spiro atoms. The highest BCUT2D eigenvalue weighted by Gasteiger charge is 2.21. The van der Waals surface area contributed by atoms with Crippen LogP contribution in [0.25, 0.3) is 0 Å². The van der Waals surface area contributed by atoms with Gasteiger partial charge >= 0.3 is 5.97 Å². The van der Waals surface area contributed by atoms with Crippen molar-refractivity contribution in [3.8, 4) is 0 Å². The fourth-order valence-electron chi connectivity index (χ4n) is 1.42. The molecule has 0 aromatic heterocycles. The summed E-state index contributed by atoms with van der Waals surface area (Å²) in [4.78, 5) is 11.4. The van der Waals surface area contributed by atoms with Gasteiger partial charge in [-0.15, -0.1) is 0 Å². The van der Waals surface area contributed by atoms with Gasteiger partial charge in [-0.25, -0.2) is 0 Å². The van der Waals surface area contributed by atoms with E-state index >= 15 is 0 Å². The van der Waals surface area contributed by atoms with Crippen molar-refractivity contribution in [3.63, 3.8) is 0 Å². The monoisotopic (exact) mass is 302 g/mol. The van der Waals surface area contributed by atoms with E-state index in [4.69, 9.17) is 39.5 Å². The van der Waals surface area contributed by atoms with Crippen molar-refractivity contribution in [2.24, 2.45) is 5.92 Å². The highest BCUT2D eigenvalue weighted by atomic mass is 35.6. The molecule has 2 nitrogen and oxygen atoms in total. The van der Waals surface area contributed by atoms with Gasteiger partial charge in [-0.05, 0) is 12.3 Å². The zero-order valence-electron chi connectivity index (χ0n) is 10.5. The molecule has 1 unspecified atom stereocenters. The summed E-state index contributed by atoms with van der Waals surface area (Å²) in [5.74, 6) is 0.165. The van der Waals surface area contributed by atoms with E-state index in [1.165, 1.54) is 6.42 Å². The number of rotatable bonds is 8. The first kappa shape index (κ1) is 17.3. The topological polar surface area (TPSA) is 26.3 Å². The van der Waals surface area contributed by atoms with Crippen LogP contribution < -0.4 is 0 Å². The molecule has 0 bridgehead atoms. The fraction of sp³-hybridized carbons (Fsp3) is 0.917. The predicted molar refractivity (Wildman–Crippen MR) is 73.8 cm³/mol. The van der Waals surface area contributed by atoms with Gasteiger partial charge in [0.1, 0.15) is 0 Å². The van der Waals surface area contributed by atoms with Crippen LogP contribution in [0, 0.1) is 5.92 Å². The summed E-state index contributed by atoms with van der Waals surface area (Å²) < 4.78 is 3.80. The zero-order chi connectivity index (χ0) is 13.3. The van der Waals surface area contributed by atoms with E-state index in [9.17, 15) is 4.79 Å². The molecule has 0 aromatic rings. The van der Waals surface area contributed by atoms with Gasteiger partial charge in [0, 0.05) is 12.8 Å². The third-order valence-corrected chi connectivity index (χ3v) is 3.20. The quantitative estimate of drug-likeness (QED) is 0.471. The second-order valence-electron chi connectivity index (χ2n) is 4.21. The molecule has 0 aliphatic carbocycles. The summed E-state index contributed by atoms with van der Waals surface area (Å²) in [6.45, 7) is 4.74. The molecule has 0 amide bonds. The smallest absolute Gasteiger partial charge is 0.305 e. The lowest BCUT2D eigenvalue weighted by molar-refractivity contribution is -0.145. The maximum absolute atomic E-state index is 11.4. The lowest BCUT2D eigenvalue weighted by atomic mass is 10.0. The summed E-state index contributed by atoms with van der Waals surface area (Å²) in [7, 11) is 0. The Morgan fingerprint density at radius 1 is 1.29 bits per heavy atom. The van der Waals surface area contributed by atoms with Crippen LogP contribution in [0.4, 0.5) is 0 Å². The summed E-state index contributed by atoms with van der Waals surface area (Å²) >= 11 is 16.7. The maximum atomic E-state index is 11.4. The second-order valence-corrected chi connectivity index (χ2v) is 6.73. The molecule has 102 valence electrons. The first-order valence-electron chi connectivity index (χ1n) is 6.11. The van der Waals surface area contributed by atoms with Crippen LogP contribution in [0.2, 0.25) is 0 Å². The molecule has 0 aromatic carbocycles.